The molecule has 1 saturated heterocycles. The molecule has 3 rings (SSSR count). The van der Waals surface area contributed by atoms with Gasteiger partial charge in [0.1, 0.15) is 5.82 Å². The Morgan fingerprint density at radius 2 is 2.03 bits per heavy atom. The van der Waals surface area contributed by atoms with Crippen LogP contribution in [0.2, 0.25) is 5.02 Å². The Bertz CT molecular complexity index is 791. The van der Waals surface area contributed by atoms with Crippen LogP contribution in [-0.2, 0) is 9.59 Å². The fourth-order valence-corrected chi connectivity index (χ4v) is 4.69. The maximum absolute atomic E-state index is 13.0. The fourth-order valence-electron chi connectivity index (χ4n) is 4.46. The van der Waals surface area contributed by atoms with Crippen molar-refractivity contribution in [1.29, 1.82) is 0 Å². The highest BCUT2D eigenvalue weighted by atomic mass is 35.5. The van der Waals surface area contributed by atoms with Crippen LogP contribution in [0.1, 0.15) is 37.7 Å². The third kappa shape index (κ3) is 6.19. The number of halogens is 1. The van der Waals surface area contributed by atoms with Crippen molar-refractivity contribution in [3.8, 4) is 0 Å². The summed E-state index contributed by atoms with van der Waals surface area (Å²) in [6.45, 7) is 2.52. The van der Waals surface area contributed by atoms with Crippen LogP contribution < -0.4 is 5.32 Å². The van der Waals surface area contributed by atoms with Gasteiger partial charge in [-0.2, -0.15) is 0 Å². The molecule has 8 heteroatoms. The molecule has 0 radical (unpaired) electrons. The summed E-state index contributed by atoms with van der Waals surface area (Å²) in [5, 5.41) is 12.5. The van der Waals surface area contributed by atoms with Crippen LogP contribution in [0.25, 0.3) is 6.08 Å². The third-order valence-corrected chi connectivity index (χ3v) is 6.23. The molecule has 7 nitrogen and oxygen atoms in total. The Hall–Kier alpha value is -2.12. The van der Waals surface area contributed by atoms with E-state index in [4.69, 9.17) is 16.7 Å². The Labute approximate surface area is 183 Å². The quantitative estimate of drug-likeness (QED) is 0.641. The second-order valence-electron chi connectivity index (χ2n) is 8.66. The number of anilines is 1. The number of hydrogen-bond acceptors (Lipinski definition) is 5. The van der Waals surface area contributed by atoms with Crippen LogP contribution in [0.4, 0.5) is 5.82 Å². The number of pyridine rings is 1. The molecule has 1 aliphatic carbocycles. The summed E-state index contributed by atoms with van der Waals surface area (Å²) < 4.78 is 0. The second-order valence-corrected chi connectivity index (χ2v) is 9.07. The van der Waals surface area contributed by atoms with Crippen LogP contribution in [0.3, 0.4) is 0 Å². The predicted octanol–water partition coefficient (Wildman–Crippen LogP) is 3.21. The van der Waals surface area contributed by atoms with Gasteiger partial charge in [-0.1, -0.05) is 11.6 Å². The van der Waals surface area contributed by atoms with Crippen molar-refractivity contribution in [3.05, 3.63) is 28.9 Å². The number of carbonyl (C=O) groups is 2. The molecule has 2 heterocycles. The van der Waals surface area contributed by atoms with Crippen molar-refractivity contribution < 1.29 is 14.7 Å². The molecule has 1 saturated carbocycles. The minimum Gasteiger partial charge on any atom is -0.478 e. The Balaban J connectivity index is 1.50. The zero-order chi connectivity index (χ0) is 21.7. The number of aliphatic carboxylic acids is 1. The lowest BCUT2D eigenvalue weighted by atomic mass is 9.81. The summed E-state index contributed by atoms with van der Waals surface area (Å²) in [5.41, 5.74) is 0.626. The van der Waals surface area contributed by atoms with Gasteiger partial charge in [-0.05, 0) is 69.8 Å². The number of amides is 1. The molecule has 1 amide bonds. The van der Waals surface area contributed by atoms with Gasteiger partial charge in [0, 0.05) is 43.9 Å². The number of carboxylic acid groups (broad SMARTS) is 1. The Kier molecular flexibility index (Phi) is 7.72. The highest BCUT2D eigenvalue weighted by molar-refractivity contribution is 6.33. The first kappa shape index (κ1) is 22.6. The molecule has 2 N–H and O–H groups in total. The second kappa shape index (κ2) is 10.3. The van der Waals surface area contributed by atoms with Gasteiger partial charge in [0.05, 0.1) is 5.02 Å². The maximum atomic E-state index is 13.0. The average molecular weight is 435 g/mol. The van der Waals surface area contributed by atoms with Crippen LogP contribution >= 0.6 is 11.6 Å². The minimum atomic E-state index is -1.02. The summed E-state index contributed by atoms with van der Waals surface area (Å²) in [7, 11) is 4.21. The molecule has 1 atom stereocenters. The first-order valence-electron chi connectivity index (χ1n) is 10.6. The van der Waals surface area contributed by atoms with E-state index in [2.05, 4.69) is 29.3 Å². The average Bonchev–Trinajstić information content (AvgIpc) is 3.16. The highest BCUT2D eigenvalue weighted by Gasteiger charge is 2.33. The number of likely N-dealkylation sites (tertiary alicyclic amines) is 1. The Morgan fingerprint density at radius 3 is 2.67 bits per heavy atom. The molecule has 164 valence electrons. The van der Waals surface area contributed by atoms with Crippen molar-refractivity contribution in [3.63, 3.8) is 0 Å². The molecule has 2 fully saturated rings. The summed E-state index contributed by atoms with van der Waals surface area (Å²) in [6, 6.07) is 1.80. The largest absolute Gasteiger partial charge is 0.478 e. The van der Waals surface area contributed by atoms with E-state index >= 15 is 0 Å². The Morgan fingerprint density at radius 1 is 1.30 bits per heavy atom. The molecule has 0 bridgehead atoms. The SMILES string of the molecule is CN(C)C[C@H]1CC[C@H](C(=O)N2CC[C@@H](Nc3ncc(/C=C/C(=O)O)cc3Cl)C2)CC1. The number of carbonyl (C=O) groups excluding carboxylic acids is 1. The van der Waals surface area contributed by atoms with E-state index in [1.807, 2.05) is 4.90 Å². The van der Waals surface area contributed by atoms with Gasteiger partial charge in [0.2, 0.25) is 5.91 Å². The number of nitrogens with one attached hydrogen (secondary N) is 1. The van der Waals surface area contributed by atoms with Gasteiger partial charge in [0.25, 0.3) is 0 Å². The molecular weight excluding hydrogens is 404 g/mol. The molecule has 2 aliphatic rings. The topological polar surface area (TPSA) is 85.8 Å². The van der Waals surface area contributed by atoms with E-state index in [1.165, 1.54) is 6.08 Å². The van der Waals surface area contributed by atoms with Crippen molar-refractivity contribution in [2.75, 3.05) is 39.0 Å². The van der Waals surface area contributed by atoms with E-state index in [1.54, 1.807) is 12.3 Å². The third-order valence-electron chi connectivity index (χ3n) is 5.94. The zero-order valence-corrected chi connectivity index (χ0v) is 18.4. The summed E-state index contributed by atoms with van der Waals surface area (Å²) >= 11 is 6.30. The van der Waals surface area contributed by atoms with Crippen LogP contribution in [0.15, 0.2) is 18.3 Å². The first-order valence-corrected chi connectivity index (χ1v) is 11.0. The van der Waals surface area contributed by atoms with Crippen molar-refractivity contribution in [2.45, 2.75) is 38.1 Å². The van der Waals surface area contributed by atoms with E-state index in [0.717, 1.165) is 51.3 Å². The van der Waals surface area contributed by atoms with Crippen LogP contribution in [-0.4, -0.2) is 71.5 Å². The summed E-state index contributed by atoms with van der Waals surface area (Å²) in [5.74, 6) is 0.696. The smallest absolute Gasteiger partial charge is 0.328 e. The van der Waals surface area contributed by atoms with Gasteiger partial charge < -0.3 is 20.2 Å². The summed E-state index contributed by atoms with van der Waals surface area (Å²) in [6.07, 6.45) is 9.19. The molecule has 1 aromatic heterocycles. The molecule has 0 aromatic carbocycles. The van der Waals surface area contributed by atoms with Crippen molar-refractivity contribution >= 4 is 35.4 Å². The normalized spacial score (nSPS) is 24.5. The van der Waals surface area contributed by atoms with E-state index in [-0.39, 0.29) is 17.9 Å². The lowest BCUT2D eigenvalue weighted by molar-refractivity contribution is -0.136. The summed E-state index contributed by atoms with van der Waals surface area (Å²) in [4.78, 5) is 32.1. The molecule has 1 aliphatic heterocycles. The molecule has 1 aromatic rings. The lowest BCUT2D eigenvalue weighted by Crippen LogP contribution is -2.38. The molecule has 0 spiro atoms. The van der Waals surface area contributed by atoms with Gasteiger partial charge in [-0.3, -0.25) is 4.79 Å². The standard InChI is InChI=1S/C22H31ClN4O3/c1-26(2)13-15-3-6-17(7-4-15)22(30)27-10-9-18(14-27)25-21-19(23)11-16(12-24-21)5-8-20(28)29/h5,8,11-12,15,17-18H,3-4,6-7,9-10,13-14H2,1-2H3,(H,24,25)(H,28,29)/b8-5+/t15-,17-,18-/m1/s1. The number of nitrogens with zero attached hydrogens (tertiary/aromatic N) is 3. The van der Waals surface area contributed by atoms with Gasteiger partial charge in [0.15, 0.2) is 0 Å². The van der Waals surface area contributed by atoms with E-state index < -0.39 is 5.97 Å². The van der Waals surface area contributed by atoms with Crippen molar-refractivity contribution in [2.24, 2.45) is 11.8 Å². The maximum Gasteiger partial charge on any atom is 0.328 e. The predicted molar refractivity (Wildman–Crippen MR) is 119 cm³/mol. The van der Waals surface area contributed by atoms with E-state index in [0.29, 0.717) is 28.9 Å². The van der Waals surface area contributed by atoms with E-state index in [9.17, 15) is 9.59 Å². The number of rotatable bonds is 7. The number of aromatic nitrogens is 1. The molecule has 0 unspecified atom stereocenters. The van der Waals surface area contributed by atoms with Gasteiger partial charge >= 0.3 is 5.97 Å². The first-order chi connectivity index (χ1) is 14.3. The van der Waals surface area contributed by atoms with Gasteiger partial charge in [-0.25, -0.2) is 9.78 Å². The van der Waals surface area contributed by atoms with Crippen LogP contribution in [0, 0.1) is 11.8 Å². The molecule has 30 heavy (non-hydrogen) atoms. The fraction of sp³-hybridized carbons (Fsp3) is 0.591. The van der Waals surface area contributed by atoms with Gasteiger partial charge in [-0.15, -0.1) is 0 Å². The van der Waals surface area contributed by atoms with Crippen molar-refractivity contribution in [1.82, 2.24) is 14.8 Å². The lowest BCUT2D eigenvalue weighted by Gasteiger charge is -2.31. The number of hydrogen-bond donors (Lipinski definition) is 2. The minimum absolute atomic E-state index is 0.115. The molecular formula is C22H31ClN4O3. The highest BCUT2D eigenvalue weighted by Crippen LogP contribution is 2.31. The number of carboxylic acids is 1. The zero-order valence-electron chi connectivity index (χ0n) is 17.7. The monoisotopic (exact) mass is 434 g/mol. The van der Waals surface area contributed by atoms with Crippen LogP contribution in [0.5, 0.6) is 0 Å².